The monoisotopic (exact) mass is 368 g/mol. The molecule has 1 heterocycles. The maximum Gasteiger partial charge on any atom is 0.125 e. The summed E-state index contributed by atoms with van der Waals surface area (Å²) in [5, 5.41) is 15.1. The van der Waals surface area contributed by atoms with E-state index in [4.69, 9.17) is 5.10 Å². The maximum absolute atomic E-state index is 10.3. The lowest BCUT2D eigenvalue weighted by molar-refractivity contribution is 0.477. The molecule has 0 fully saturated rings. The number of rotatable bonds is 3. The van der Waals surface area contributed by atoms with Crippen molar-refractivity contribution in [2.24, 2.45) is 0 Å². The Bertz CT molecular complexity index is 1090. The first-order chi connectivity index (χ1) is 13.4. The Morgan fingerprint density at radius 2 is 1.43 bits per heavy atom. The van der Waals surface area contributed by atoms with Crippen LogP contribution in [0.25, 0.3) is 28.2 Å². The van der Waals surface area contributed by atoms with Gasteiger partial charge < -0.3 is 5.11 Å². The average molecular weight is 368 g/mol. The number of aromatic nitrogens is 2. The van der Waals surface area contributed by atoms with E-state index in [0.29, 0.717) is 0 Å². The van der Waals surface area contributed by atoms with E-state index >= 15 is 0 Å². The second-order valence-corrected chi connectivity index (χ2v) is 8.01. The number of aromatic hydroxyl groups is 1. The normalized spacial score (nSPS) is 11.5. The Labute approximate surface area is 165 Å². The molecule has 3 nitrogen and oxygen atoms in total. The molecule has 0 aliphatic heterocycles. The Morgan fingerprint density at radius 1 is 0.786 bits per heavy atom. The van der Waals surface area contributed by atoms with E-state index in [1.165, 1.54) is 5.56 Å². The van der Waals surface area contributed by atoms with Gasteiger partial charge in [-0.25, -0.2) is 4.68 Å². The van der Waals surface area contributed by atoms with Gasteiger partial charge in [0.2, 0.25) is 0 Å². The molecule has 0 bridgehead atoms. The van der Waals surface area contributed by atoms with Crippen LogP contribution in [0.3, 0.4) is 0 Å². The van der Waals surface area contributed by atoms with E-state index < -0.39 is 0 Å². The standard InChI is InChI=1S/C25H24N2O/c1-25(2,3)19-15-13-18(14-16-19)23-17-22(21-11-7-8-12-24(21)28)26-27(23)20-9-5-4-6-10-20/h4-17,28H,1-3H3. The van der Waals surface area contributed by atoms with Crippen LogP contribution >= 0.6 is 0 Å². The zero-order valence-electron chi connectivity index (χ0n) is 16.4. The number of hydrogen-bond acceptors (Lipinski definition) is 2. The first-order valence-corrected chi connectivity index (χ1v) is 9.48. The minimum atomic E-state index is 0.110. The summed E-state index contributed by atoms with van der Waals surface area (Å²) in [6, 6.07) is 28.1. The molecule has 0 amide bonds. The predicted molar refractivity (Wildman–Crippen MR) is 115 cm³/mol. The molecule has 0 radical (unpaired) electrons. The average Bonchev–Trinajstić information content (AvgIpc) is 3.14. The minimum Gasteiger partial charge on any atom is -0.507 e. The van der Waals surface area contributed by atoms with Crippen LogP contribution in [-0.2, 0) is 5.41 Å². The molecule has 4 rings (SSSR count). The lowest BCUT2D eigenvalue weighted by Gasteiger charge is -2.19. The van der Waals surface area contributed by atoms with Gasteiger partial charge >= 0.3 is 0 Å². The quantitative estimate of drug-likeness (QED) is 0.467. The summed E-state index contributed by atoms with van der Waals surface area (Å²) in [4.78, 5) is 0. The van der Waals surface area contributed by atoms with E-state index in [1.807, 2.05) is 59.3 Å². The van der Waals surface area contributed by atoms with Crippen molar-refractivity contribution in [3.63, 3.8) is 0 Å². The van der Waals surface area contributed by atoms with E-state index in [2.05, 4.69) is 45.0 Å². The number of phenols is 1. The van der Waals surface area contributed by atoms with Crippen molar-refractivity contribution >= 4 is 0 Å². The Balaban J connectivity index is 1.87. The SMILES string of the molecule is CC(C)(C)c1ccc(-c2cc(-c3ccccc3O)nn2-c2ccccc2)cc1. The Morgan fingerprint density at radius 3 is 2.07 bits per heavy atom. The molecule has 1 aromatic heterocycles. The third-order valence-corrected chi connectivity index (χ3v) is 4.94. The van der Waals surface area contributed by atoms with Crippen molar-refractivity contribution in [1.82, 2.24) is 9.78 Å². The number of nitrogens with zero attached hydrogens (tertiary/aromatic N) is 2. The van der Waals surface area contributed by atoms with E-state index in [9.17, 15) is 5.11 Å². The van der Waals surface area contributed by atoms with Gasteiger partial charge in [-0.2, -0.15) is 5.10 Å². The summed E-state index contributed by atoms with van der Waals surface area (Å²) < 4.78 is 1.94. The largest absolute Gasteiger partial charge is 0.507 e. The first kappa shape index (κ1) is 18.1. The van der Waals surface area contributed by atoms with E-state index in [1.54, 1.807) is 6.07 Å². The molecule has 140 valence electrons. The first-order valence-electron chi connectivity index (χ1n) is 9.48. The van der Waals surface area contributed by atoms with Gasteiger partial charge in [0.15, 0.2) is 0 Å². The minimum absolute atomic E-state index is 0.110. The molecule has 3 aromatic carbocycles. The fourth-order valence-electron chi connectivity index (χ4n) is 3.32. The van der Waals surface area contributed by atoms with Gasteiger partial charge in [-0.1, -0.05) is 75.4 Å². The van der Waals surface area contributed by atoms with Crippen molar-refractivity contribution in [3.8, 4) is 34.0 Å². The fourth-order valence-corrected chi connectivity index (χ4v) is 3.32. The summed E-state index contributed by atoms with van der Waals surface area (Å²) in [6.45, 7) is 6.64. The van der Waals surface area contributed by atoms with Gasteiger partial charge in [0.25, 0.3) is 0 Å². The molecule has 0 aliphatic carbocycles. The second kappa shape index (κ2) is 7.01. The number of benzene rings is 3. The van der Waals surface area contributed by atoms with Gasteiger partial charge in [0.1, 0.15) is 5.75 Å². The summed E-state index contributed by atoms with van der Waals surface area (Å²) in [7, 11) is 0. The smallest absolute Gasteiger partial charge is 0.125 e. The molecular formula is C25H24N2O. The van der Waals surface area contributed by atoms with Crippen molar-refractivity contribution in [2.75, 3.05) is 0 Å². The van der Waals surface area contributed by atoms with Crippen LogP contribution in [0, 0.1) is 0 Å². The predicted octanol–water partition coefficient (Wildman–Crippen LogP) is 6.21. The van der Waals surface area contributed by atoms with Crippen LogP contribution in [0.5, 0.6) is 5.75 Å². The number of phenolic OH excluding ortho intramolecular Hbond substituents is 1. The van der Waals surface area contributed by atoms with Crippen LogP contribution in [0.15, 0.2) is 84.9 Å². The van der Waals surface area contributed by atoms with E-state index in [-0.39, 0.29) is 11.2 Å². The second-order valence-electron chi connectivity index (χ2n) is 8.01. The van der Waals surface area contributed by atoms with Gasteiger partial charge in [0, 0.05) is 11.1 Å². The topological polar surface area (TPSA) is 38.1 Å². The number of hydrogen-bond donors (Lipinski definition) is 1. The van der Waals surface area contributed by atoms with Crippen LogP contribution < -0.4 is 0 Å². The van der Waals surface area contributed by atoms with Crippen molar-refractivity contribution in [1.29, 1.82) is 0 Å². The molecule has 0 aliphatic rings. The third-order valence-electron chi connectivity index (χ3n) is 4.94. The van der Waals surface area contributed by atoms with Gasteiger partial charge in [0.05, 0.1) is 17.1 Å². The highest BCUT2D eigenvalue weighted by molar-refractivity contribution is 5.73. The van der Waals surface area contributed by atoms with Gasteiger partial charge in [-0.05, 0) is 41.3 Å². The summed E-state index contributed by atoms with van der Waals surface area (Å²) >= 11 is 0. The lowest BCUT2D eigenvalue weighted by Crippen LogP contribution is -2.10. The summed E-state index contributed by atoms with van der Waals surface area (Å²) in [5.74, 6) is 0.231. The third kappa shape index (κ3) is 3.44. The molecule has 0 spiro atoms. The highest BCUT2D eigenvalue weighted by Gasteiger charge is 2.17. The lowest BCUT2D eigenvalue weighted by atomic mass is 9.86. The van der Waals surface area contributed by atoms with Crippen LogP contribution in [0.1, 0.15) is 26.3 Å². The van der Waals surface area contributed by atoms with Crippen LogP contribution in [0.4, 0.5) is 0 Å². The summed E-state index contributed by atoms with van der Waals surface area (Å²) in [5.41, 5.74) is 5.94. The Hall–Kier alpha value is -3.33. The molecule has 4 aromatic rings. The molecule has 0 unspecified atom stereocenters. The maximum atomic E-state index is 10.3. The molecule has 3 heteroatoms. The zero-order valence-corrected chi connectivity index (χ0v) is 16.4. The van der Waals surface area contributed by atoms with Gasteiger partial charge in [-0.15, -0.1) is 0 Å². The Kier molecular flexibility index (Phi) is 4.52. The molecule has 28 heavy (non-hydrogen) atoms. The molecule has 0 atom stereocenters. The zero-order chi connectivity index (χ0) is 19.7. The molecule has 1 N–H and O–H groups in total. The van der Waals surface area contributed by atoms with Crippen LogP contribution in [-0.4, -0.2) is 14.9 Å². The van der Waals surface area contributed by atoms with Crippen molar-refractivity contribution < 1.29 is 5.11 Å². The number of para-hydroxylation sites is 2. The highest BCUT2D eigenvalue weighted by Crippen LogP contribution is 2.33. The van der Waals surface area contributed by atoms with Gasteiger partial charge in [-0.3, -0.25) is 0 Å². The van der Waals surface area contributed by atoms with E-state index in [0.717, 1.165) is 28.2 Å². The molecule has 0 saturated heterocycles. The molecule has 0 saturated carbocycles. The van der Waals surface area contributed by atoms with Crippen molar-refractivity contribution in [3.05, 3.63) is 90.5 Å². The fraction of sp³-hybridized carbons (Fsp3) is 0.160. The highest BCUT2D eigenvalue weighted by atomic mass is 16.3. The van der Waals surface area contributed by atoms with Crippen LogP contribution in [0.2, 0.25) is 0 Å². The summed E-state index contributed by atoms with van der Waals surface area (Å²) in [6.07, 6.45) is 0. The van der Waals surface area contributed by atoms with Crippen molar-refractivity contribution in [2.45, 2.75) is 26.2 Å². The molecular weight excluding hydrogens is 344 g/mol.